The van der Waals surface area contributed by atoms with Crippen molar-refractivity contribution in [2.24, 2.45) is 0 Å². The van der Waals surface area contributed by atoms with Gasteiger partial charge in [0.25, 0.3) is 5.56 Å². The molecule has 0 fully saturated rings. The molecular formula is C11H12N2O2. The molecule has 0 atom stereocenters. The molecule has 4 nitrogen and oxygen atoms in total. The quantitative estimate of drug-likeness (QED) is 0.800. The van der Waals surface area contributed by atoms with Gasteiger partial charge in [-0.2, -0.15) is 0 Å². The number of H-pyrrole nitrogens is 2. The van der Waals surface area contributed by atoms with Crippen LogP contribution in [0.15, 0.2) is 35.1 Å². The van der Waals surface area contributed by atoms with E-state index in [9.17, 15) is 4.79 Å². The van der Waals surface area contributed by atoms with Crippen molar-refractivity contribution in [1.82, 2.24) is 10.2 Å². The molecule has 15 heavy (non-hydrogen) atoms. The van der Waals surface area contributed by atoms with Crippen molar-refractivity contribution >= 4 is 0 Å². The Balaban J connectivity index is 2.27. The number of ether oxygens (including phenoxy) is 1. The molecule has 0 spiro atoms. The van der Waals surface area contributed by atoms with Gasteiger partial charge in [-0.05, 0) is 36.8 Å². The van der Waals surface area contributed by atoms with Gasteiger partial charge in [0.2, 0.25) is 0 Å². The van der Waals surface area contributed by atoms with E-state index in [1.807, 2.05) is 31.2 Å². The van der Waals surface area contributed by atoms with Gasteiger partial charge < -0.3 is 4.74 Å². The van der Waals surface area contributed by atoms with E-state index < -0.39 is 0 Å². The summed E-state index contributed by atoms with van der Waals surface area (Å²) in [5.41, 5.74) is 1.61. The van der Waals surface area contributed by atoms with Crippen LogP contribution in [0.5, 0.6) is 5.75 Å². The maximum absolute atomic E-state index is 10.9. The first-order valence-electron chi connectivity index (χ1n) is 4.80. The molecule has 0 saturated carbocycles. The number of hydrogen-bond acceptors (Lipinski definition) is 2. The van der Waals surface area contributed by atoms with Crippen LogP contribution in [-0.4, -0.2) is 16.8 Å². The normalized spacial score (nSPS) is 10.2. The predicted octanol–water partition coefficient (Wildman–Crippen LogP) is 1.77. The van der Waals surface area contributed by atoms with Crippen LogP contribution < -0.4 is 10.3 Å². The summed E-state index contributed by atoms with van der Waals surface area (Å²) in [5, 5.41) is 5.29. The fraction of sp³-hybridized carbons (Fsp3) is 0.182. The van der Waals surface area contributed by atoms with Gasteiger partial charge in [-0.3, -0.25) is 15.0 Å². The van der Waals surface area contributed by atoms with E-state index in [4.69, 9.17) is 4.74 Å². The summed E-state index contributed by atoms with van der Waals surface area (Å²) in [7, 11) is 0. The average molecular weight is 204 g/mol. The SMILES string of the molecule is CCOc1ccc(-c2cc(=O)[nH][nH]2)cc1. The minimum atomic E-state index is -0.126. The van der Waals surface area contributed by atoms with Crippen molar-refractivity contribution in [1.29, 1.82) is 0 Å². The van der Waals surface area contributed by atoms with Crippen LogP contribution in [0.25, 0.3) is 11.3 Å². The first-order chi connectivity index (χ1) is 7.29. The summed E-state index contributed by atoms with van der Waals surface area (Å²) < 4.78 is 5.32. The van der Waals surface area contributed by atoms with Gasteiger partial charge in [0, 0.05) is 6.07 Å². The Morgan fingerprint density at radius 3 is 2.47 bits per heavy atom. The second kappa shape index (κ2) is 4.04. The number of aromatic nitrogens is 2. The highest BCUT2D eigenvalue weighted by Crippen LogP contribution is 2.19. The Labute approximate surface area is 86.9 Å². The number of aromatic amines is 2. The molecule has 0 aliphatic heterocycles. The Morgan fingerprint density at radius 2 is 1.93 bits per heavy atom. The molecular weight excluding hydrogens is 192 g/mol. The summed E-state index contributed by atoms with van der Waals surface area (Å²) in [6.45, 7) is 2.60. The maximum Gasteiger partial charge on any atom is 0.264 e. The molecule has 2 aromatic rings. The van der Waals surface area contributed by atoms with Gasteiger partial charge in [-0.15, -0.1) is 0 Å². The summed E-state index contributed by atoms with van der Waals surface area (Å²) >= 11 is 0. The minimum absolute atomic E-state index is 0.126. The molecule has 0 unspecified atom stereocenters. The smallest absolute Gasteiger partial charge is 0.264 e. The van der Waals surface area contributed by atoms with E-state index in [-0.39, 0.29) is 5.56 Å². The lowest BCUT2D eigenvalue weighted by molar-refractivity contribution is 0.340. The minimum Gasteiger partial charge on any atom is -0.494 e. The maximum atomic E-state index is 10.9. The van der Waals surface area contributed by atoms with Crippen LogP contribution in [0.3, 0.4) is 0 Å². The number of rotatable bonds is 3. The summed E-state index contributed by atoms with van der Waals surface area (Å²) in [5.74, 6) is 0.833. The Hall–Kier alpha value is -1.97. The zero-order valence-electron chi connectivity index (χ0n) is 8.41. The van der Waals surface area contributed by atoms with E-state index in [2.05, 4.69) is 10.2 Å². The van der Waals surface area contributed by atoms with Gasteiger partial charge >= 0.3 is 0 Å². The molecule has 2 N–H and O–H groups in total. The zero-order valence-corrected chi connectivity index (χ0v) is 8.41. The third-order valence-electron chi connectivity index (χ3n) is 2.07. The molecule has 78 valence electrons. The Kier molecular flexibility index (Phi) is 2.58. The fourth-order valence-electron chi connectivity index (χ4n) is 1.39. The molecule has 0 aliphatic carbocycles. The molecule has 1 heterocycles. The molecule has 0 bridgehead atoms. The lowest BCUT2D eigenvalue weighted by Crippen LogP contribution is -1.93. The van der Waals surface area contributed by atoms with Gasteiger partial charge in [-0.25, -0.2) is 0 Å². The fourth-order valence-corrected chi connectivity index (χ4v) is 1.39. The van der Waals surface area contributed by atoms with Crippen molar-refractivity contribution in [3.05, 3.63) is 40.7 Å². The second-order valence-corrected chi connectivity index (χ2v) is 3.13. The average Bonchev–Trinajstić information content (AvgIpc) is 2.67. The van der Waals surface area contributed by atoms with Crippen molar-refractivity contribution < 1.29 is 4.74 Å². The van der Waals surface area contributed by atoms with E-state index in [1.54, 1.807) is 0 Å². The lowest BCUT2D eigenvalue weighted by atomic mass is 10.1. The van der Waals surface area contributed by atoms with Crippen LogP contribution >= 0.6 is 0 Å². The number of benzene rings is 1. The summed E-state index contributed by atoms with van der Waals surface area (Å²) in [6, 6.07) is 9.10. The first kappa shape index (κ1) is 9.58. The standard InChI is InChI=1S/C11H12N2O2/c1-2-15-9-5-3-8(4-6-9)10-7-11(14)13-12-10/h3-7H,2H2,1H3,(H2,12,13,14). The Bertz CT molecular complexity index is 482. The van der Waals surface area contributed by atoms with Gasteiger partial charge in [-0.1, -0.05) is 0 Å². The van der Waals surface area contributed by atoms with Crippen molar-refractivity contribution in [2.45, 2.75) is 6.92 Å². The lowest BCUT2D eigenvalue weighted by Gasteiger charge is -2.03. The summed E-state index contributed by atoms with van der Waals surface area (Å²) in [4.78, 5) is 10.9. The number of hydrogen-bond donors (Lipinski definition) is 2. The molecule has 1 aromatic carbocycles. The van der Waals surface area contributed by atoms with Gasteiger partial charge in [0.05, 0.1) is 12.3 Å². The monoisotopic (exact) mass is 204 g/mol. The highest BCUT2D eigenvalue weighted by Gasteiger charge is 2.00. The highest BCUT2D eigenvalue weighted by atomic mass is 16.5. The molecule has 2 rings (SSSR count). The molecule has 0 amide bonds. The number of nitrogens with one attached hydrogen (secondary N) is 2. The largest absolute Gasteiger partial charge is 0.494 e. The van der Waals surface area contributed by atoms with Gasteiger partial charge in [0.15, 0.2) is 0 Å². The third-order valence-corrected chi connectivity index (χ3v) is 2.07. The van der Waals surface area contributed by atoms with E-state index in [0.29, 0.717) is 6.61 Å². The molecule has 0 aliphatic rings. The van der Waals surface area contributed by atoms with Crippen LogP contribution in [0, 0.1) is 0 Å². The van der Waals surface area contributed by atoms with Gasteiger partial charge in [0.1, 0.15) is 5.75 Å². The van der Waals surface area contributed by atoms with Crippen LogP contribution in [-0.2, 0) is 0 Å². The molecule has 4 heteroatoms. The highest BCUT2D eigenvalue weighted by molar-refractivity contribution is 5.59. The molecule has 0 saturated heterocycles. The van der Waals surface area contributed by atoms with Crippen molar-refractivity contribution in [2.75, 3.05) is 6.61 Å². The van der Waals surface area contributed by atoms with Crippen molar-refractivity contribution in [3.8, 4) is 17.0 Å². The van der Waals surface area contributed by atoms with Crippen molar-refractivity contribution in [3.63, 3.8) is 0 Å². The topological polar surface area (TPSA) is 57.9 Å². The first-order valence-corrected chi connectivity index (χ1v) is 4.80. The predicted molar refractivity (Wildman–Crippen MR) is 58.0 cm³/mol. The third kappa shape index (κ3) is 2.10. The van der Waals surface area contributed by atoms with E-state index in [0.717, 1.165) is 17.0 Å². The van der Waals surface area contributed by atoms with Crippen LogP contribution in [0.4, 0.5) is 0 Å². The van der Waals surface area contributed by atoms with E-state index in [1.165, 1.54) is 6.07 Å². The summed E-state index contributed by atoms with van der Waals surface area (Å²) in [6.07, 6.45) is 0. The van der Waals surface area contributed by atoms with E-state index >= 15 is 0 Å². The zero-order chi connectivity index (χ0) is 10.7. The second-order valence-electron chi connectivity index (χ2n) is 3.13. The molecule has 0 radical (unpaired) electrons. The Morgan fingerprint density at radius 1 is 1.20 bits per heavy atom. The molecule has 1 aromatic heterocycles. The van der Waals surface area contributed by atoms with Crippen LogP contribution in [0.1, 0.15) is 6.92 Å². The van der Waals surface area contributed by atoms with Crippen LogP contribution in [0.2, 0.25) is 0 Å².